The lowest BCUT2D eigenvalue weighted by molar-refractivity contribution is 0.663. The lowest BCUT2D eigenvalue weighted by Gasteiger charge is -2.28. The van der Waals surface area contributed by atoms with Crippen LogP contribution in [0.25, 0.3) is 66.1 Å². The molecule has 1 aliphatic rings. The van der Waals surface area contributed by atoms with Crippen molar-refractivity contribution in [3.63, 3.8) is 0 Å². The molecule has 0 fully saturated rings. The summed E-state index contributed by atoms with van der Waals surface area (Å²) >= 11 is 0. The lowest BCUT2D eigenvalue weighted by atomic mass is 9.74. The van der Waals surface area contributed by atoms with Crippen molar-refractivity contribution in [2.24, 2.45) is 0 Å². The highest BCUT2D eigenvalue weighted by Gasteiger charge is 2.40. The maximum absolute atomic E-state index is 6.80. The number of hydrogen-bond acceptors (Lipinski definition) is 2. The van der Waals surface area contributed by atoms with Crippen molar-refractivity contribution in [3.8, 4) is 33.4 Å². The van der Waals surface area contributed by atoms with Crippen LogP contribution < -0.4 is 4.90 Å². The monoisotopic (exact) mass is 715 g/mol. The molecule has 264 valence electrons. The molecular weight excluding hydrogens is 679 g/mol. The second-order valence-corrected chi connectivity index (χ2v) is 15.0. The second kappa shape index (κ2) is 12.7. The van der Waals surface area contributed by atoms with Crippen molar-refractivity contribution >= 4 is 49.8 Å². The zero-order chi connectivity index (χ0) is 37.2. The van der Waals surface area contributed by atoms with E-state index < -0.39 is 0 Å². The Bertz CT molecular complexity index is 3030. The summed E-state index contributed by atoms with van der Waals surface area (Å²) in [4.78, 5) is 2.35. The molecule has 0 amide bonds. The van der Waals surface area contributed by atoms with Gasteiger partial charge in [0, 0.05) is 38.5 Å². The van der Waals surface area contributed by atoms with Gasteiger partial charge >= 0.3 is 0 Å². The molecule has 9 aromatic carbocycles. The Labute approximate surface area is 326 Å². The van der Waals surface area contributed by atoms with E-state index in [0.29, 0.717) is 0 Å². The summed E-state index contributed by atoms with van der Waals surface area (Å²) in [5, 5.41) is 4.72. The van der Waals surface area contributed by atoms with Crippen LogP contribution in [0, 0.1) is 0 Å². The van der Waals surface area contributed by atoms with E-state index in [1.165, 1.54) is 49.7 Å². The topological polar surface area (TPSA) is 16.4 Å². The van der Waals surface area contributed by atoms with E-state index >= 15 is 0 Å². The summed E-state index contributed by atoms with van der Waals surface area (Å²) < 4.78 is 6.80. The average Bonchev–Trinajstić information content (AvgIpc) is 3.78. The third-order valence-corrected chi connectivity index (χ3v) is 12.0. The van der Waals surface area contributed by atoms with E-state index in [0.717, 1.165) is 50.1 Å². The molecule has 0 radical (unpaired) electrons. The van der Waals surface area contributed by atoms with E-state index in [-0.39, 0.29) is 5.41 Å². The van der Waals surface area contributed by atoms with Crippen molar-refractivity contribution < 1.29 is 4.42 Å². The molecule has 1 aliphatic carbocycles. The van der Waals surface area contributed by atoms with E-state index in [9.17, 15) is 0 Å². The minimum Gasteiger partial charge on any atom is -0.455 e. The summed E-state index contributed by atoms with van der Waals surface area (Å²) in [6.45, 7) is 2.35. The van der Waals surface area contributed by atoms with Crippen LogP contribution in [0.1, 0.15) is 23.6 Å². The van der Waals surface area contributed by atoms with Gasteiger partial charge in [-0.15, -0.1) is 0 Å². The molecular formula is C54H37NO. The van der Waals surface area contributed by atoms with Crippen LogP contribution in [0.4, 0.5) is 17.1 Å². The molecule has 1 heterocycles. The van der Waals surface area contributed by atoms with Crippen LogP contribution in [-0.4, -0.2) is 0 Å². The average molecular weight is 716 g/mol. The first-order valence-corrected chi connectivity index (χ1v) is 19.3. The van der Waals surface area contributed by atoms with E-state index in [1.807, 2.05) is 0 Å². The summed E-state index contributed by atoms with van der Waals surface area (Å²) in [5.41, 5.74) is 16.1. The number of fused-ring (bicyclic) bond motifs is 7. The molecule has 0 unspecified atom stereocenters. The van der Waals surface area contributed by atoms with E-state index in [4.69, 9.17) is 4.42 Å². The number of rotatable bonds is 6. The number of furan rings is 1. The molecule has 2 heteroatoms. The molecule has 56 heavy (non-hydrogen) atoms. The minimum atomic E-state index is -0.271. The molecule has 0 aliphatic heterocycles. The van der Waals surface area contributed by atoms with Crippen LogP contribution in [0.3, 0.4) is 0 Å². The largest absolute Gasteiger partial charge is 0.455 e. The fourth-order valence-electron chi connectivity index (χ4n) is 9.15. The first-order chi connectivity index (χ1) is 27.6. The van der Waals surface area contributed by atoms with E-state index in [1.54, 1.807) is 0 Å². The first-order valence-electron chi connectivity index (χ1n) is 19.3. The molecule has 2 nitrogen and oxygen atoms in total. The van der Waals surface area contributed by atoms with Crippen LogP contribution >= 0.6 is 0 Å². The predicted octanol–water partition coefficient (Wildman–Crippen LogP) is 14.9. The molecule has 0 bridgehead atoms. The summed E-state index contributed by atoms with van der Waals surface area (Å²) in [6, 6.07) is 74.5. The van der Waals surface area contributed by atoms with E-state index in [2.05, 4.69) is 218 Å². The van der Waals surface area contributed by atoms with Crippen molar-refractivity contribution in [2.75, 3.05) is 4.90 Å². The van der Waals surface area contributed by atoms with Gasteiger partial charge in [0.2, 0.25) is 0 Å². The maximum atomic E-state index is 6.80. The molecule has 0 atom stereocenters. The molecule has 0 spiro atoms. The van der Waals surface area contributed by atoms with Gasteiger partial charge in [-0.1, -0.05) is 170 Å². The molecule has 10 aromatic rings. The van der Waals surface area contributed by atoms with Crippen molar-refractivity contribution in [2.45, 2.75) is 12.3 Å². The number of anilines is 3. The van der Waals surface area contributed by atoms with Crippen molar-refractivity contribution in [1.82, 2.24) is 0 Å². The molecule has 0 saturated carbocycles. The number of para-hydroxylation sites is 2. The van der Waals surface area contributed by atoms with Crippen LogP contribution in [-0.2, 0) is 5.41 Å². The smallest absolute Gasteiger partial charge is 0.143 e. The van der Waals surface area contributed by atoms with Crippen molar-refractivity contribution in [3.05, 3.63) is 223 Å². The van der Waals surface area contributed by atoms with Gasteiger partial charge in [0.15, 0.2) is 0 Å². The van der Waals surface area contributed by atoms with Crippen LogP contribution in [0.5, 0.6) is 0 Å². The first kappa shape index (κ1) is 32.3. The SMILES string of the molecule is CC1(c2ccc3c(c2)oc2c(-c4ccc(-c5ccc(N(c6ccccc6)c6cccc7ccccc67)cc5)cc4)cccc23)c2ccccc2-c2ccccc21. The molecule has 0 N–H and O–H groups in total. The molecule has 11 rings (SSSR count). The second-order valence-electron chi connectivity index (χ2n) is 15.0. The fourth-order valence-corrected chi connectivity index (χ4v) is 9.15. The third-order valence-electron chi connectivity index (χ3n) is 12.0. The maximum Gasteiger partial charge on any atom is 0.143 e. The standard InChI is InChI=1S/C54H37NO/c1-54(49-22-9-7-18-45(49)46-19-8-10-23-50(46)54)40-31-34-47-48-21-12-20-44(53(48)56-52(47)35-40)39-27-25-36(26-28-39)37-29-32-42(33-30-37)55(41-15-3-2-4-16-41)51-24-11-14-38-13-5-6-17-43(38)51/h2-35H,1H3. The van der Waals surface area contributed by atoms with Crippen LogP contribution in [0.15, 0.2) is 211 Å². The van der Waals surface area contributed by atoms with Gasteiger partial charge in [-0.05, 0) is 93.2 Å². The predicted molar refractivity (Wildman–Crippen MR) is 234 cm³/mol. The Morgan fingerprint density at radius 1 is 0.411 bits per heavy atom. The van der Waals surface area contributed by atoms with Gasteiger partial charge < -0.3 is 9.32 Å². The van der Waals surface area contributed by atoms with Crippen molar-refractivity contribution in [1.29, 1.82) is 0 Å². The highest BCUT2D eigenvalue weighted by molar-refractivity contribution is 6.10. The third kappa shape index (κ3) is 4.96. The Morgan fingerprint density at radius 3 is 1.71 bits per heavy atom. The van der Waals surface area contributed by atoms with Gasteiger partial charge in [-0.25, -0.2) is 0 Å². The van der Waals surface area contributed by atoms with Crippen LogP contribution in [0.2, 0.25) is 0 Å². The highest BCUT2D eigenvalue weighted by Crippen LogP contribution is 2.53. The number of benzene rings is 9. The van der Waals surface area contributed by atoms with Gasteiger partial charge in [0.05, 0.1) is 5.69 Å². The summed E-state index contributed by atoms with van der Waals surface area (Å²) in [5.74, 6) is 0. The van der Waals surface area contributed by atoms with Gasteiger partial charge in [0.1, 0.15) is 11.2 Å². The van der Waals surface area contributed by atoms with Gasteiger partial charge in [-0.2, -0.15) is 0 Å². The number of nitrogens with zero attached hydrogens (tertiary/aromatic N) is 1. The fraction of sp³-hybridized carbons (Fsp3) is 0.0370. The molecule has 1 aromatic heterocycles. The quantitative estimate of drug-likeness (QED) is 0.170. The zero-order valence-corrected chi connectivity index (χ0v) is 31.0. The normalized spacial score (nSPS) is 12.9. The Balaban J connectivity index is 0.932. The summed E-state index contributed by atoms with van der Waals surface area (Å²) in [7, 11) is 0. The Hall–Kier alpha value is -7.16. The minimum absolute atomic E-state index is 0.271. The zero-order valence-electron chi connectivity index (χ0n) is 31.0. The van der Waals surface area contributed by atoms with Gasteiger partial charge in [0.25, 0.3) is 0 Å². The molecule has 0 saturated heterocycles. The lowest BCUT2D eigenvalue weighted by Crippen LogP contribution is -2.22. The Kier molecular flexibility index (Phi) is 7.33. The van der Waals surface area contributed by atoms with Gasteiger partial charge in [-0.3, -0.25) is 0 Å². The summed E-state index contributed by atoms with van der Waals surface area (Å²) in [6.07, 6.45) is 0. The highest BCUT2D eigenvalue weighted by atomic mass is 16.3. The number of hydrogen-bond donors (Lipinski definition) is 0. The Morgan fingerprint density at radius 2 is 0.964 bits per heavy atom.